The number of halogens is 2. The van der Waals surface area contributed by atoms with E-state index in [9.17, 15) is 9.59 Å². The lowest BCUT2D eigenvalue weighted by molar-refractivity contribution is -0.115. The van der Waals surface area contributed by atoms with E-state index in [0.29, 0.717) is 17.1 Å². The van der Waals surface area contributed by atoms with Gasteiger partial charge < -0.3 is 14.3 Å². The van der Waals surface area contributed by atoms with Gasteiger partial charge in [-0.25, -0.2) is 4.79 Å². The lowest BCUT2D eigenvalue weighted by Crippen LogP contribution is -2.08. The molecule has 0 saturated carbocycles. The molecular weight excluding hydrogens is 558 g/mol. The van der Waals surface area contributed by atoms with Crippen LogP contribution in [0.15, 0.2) is 54.6 Å². The van der Waals surface area contributed by atoms with Crippen molar-refractivity contribution in [1.82, 2.24) is 0 Å². The van der Waals surface area contributed by atoms with E-state index in [0.717, 1.165) is 0 Å². The quantitative estimate of drug-likeness (QED) is 0.222. The molecule has 0 fully saturated rings. The fourth-order valence-corrected chi connectivity index (χ4v) is 1.40. The standard InChI is InChI=1S/C14H12O3.C3H6O.C2H6.CH4.I2/c1-16-12-8-5-9-13(10-12)17-14(15)11-6-3-2-4-7-11;1-3(2)4;1-2;;1-2/h2-10H,1H3;1-2H3;1-2H3;1H4;. The van der Waals surface area contributed by atoms with E-state index < -0.39 is 0 Å². The van der Waals surface area contributed by atoms with Crippen molar-refractivity contribution in [2.75, 3.05) is 7.11 Å². The van der Waals surface area contributed by atoms with Crippen LogP contribution in [0.3, 0.4) is 0 Å². The fourth-order valence-electron chi connectivity index (χ4n) is 1.40. The van der Waals surface area contributed by atoms with E-state index in [1.54, 1.807) is 55.6 Å². The second-order valence-corrected chi connectivity index (χ2v) is 4.34. The normalized spacial score (nSPS) is 7.81. The molecule has 0 N–H and O–H groups in total. The Balaban J connectivity index is -0.000000511. The summed E-state index contributed by atoms with van der Waals surface area (Å²) in [4.78, 5) is 21.2. The zero-order valence-corrected chi connectivity index (χ0v) is 19.4. The Kier molecular flexibility index (Phi) is 22.9. The number of benzene rings is 2. The van der Waals surface area contributed by atoms with Gasteiger partial charge >= 0.3 is 5.97 Å². The second kappa shape index (κ2) is 20.2. The monoisotopic (exact) mass is 586 g/mol. The average molecular weight is 586 g/mol. The Labute approximate surface area is 181 Å². The Bertz CT molecular complexity index is 598. The molecule has 6 heteroatoms. The first kappa shape index (κ1) is 29.6. The van der Waals surface area contributed by atoms with Crippen LogP contribution in [-0.4, -0.2) is 18.9 Å². The zero-order chi connectivity index (χ0) is 19.7. The van der Waals surface area contributed by atoms with E-state index in [1.165, 1.54) is 13.8 Å². The predicted molar refractivity (Wildman–Crippen MR) is 127 cm³/mol. The number of ketones is 1. The number of carbonyl (C=O) groups excluding carboxylic acids is 2. The van der Waals surface area contributed by atoms with Gasteiger partial charge in [0, 0.05) is 43.3 Å². The number of ether oxygens (including phenoxy) is 2. The molecule has 0 amide bonds. The molecule has 0 bridgehead atoms. The second-order valence-electron chi connectivity index (χ2n) is 4.34. The molecule has 2 rings (SSSR count). The minimum Gasteiger partial charge on any atom is -0.497 e. The third kappa shape index (κ3) is 15.1. The maximum atomic E-state index is 11.8. The molecule has 26 heavy (non-hydrogen) atoms. The van der Waals surface area contributed by atoms with E-state index >= 15 is 0 Å². The number of hydrogen-bond acceptors (Lipinski definition) is 4. The molecule has 0 saturated heterocycles. The molecular formula is C20H28I2O4. The lowest BCUT2D eigenvalue weighted by Gasteiger charge is -2.05. The molecule has 146 valence electrons. The number of esters is 1. The highest BCUT2D eigenvalue weighted by Gasteiger charge is 2.07. The summed E-state index contributed by atoms with van der Waals surface area (Å²) < 4.78 is 10.3. The van der Waals surface area contributed by atoms with Crippen molar-refractivity contribution in [3.05, 3.63) is 60.2 Å². The van der Waals surface area contributed by atoms with Gasteiger partial charge in [0.05, 0.1) is 12.7 Å². The van der Waals surface area contributed by atoms with Gasteiger partial charge in [0.15, 0.2) is 0 Å². The maximum absolute atomic E-state index is 11.8. The van der Waals surface area contributed by atoms with Gasteiger partial charge in [0.25, 0.3) is 0 Å². The van der Waals surface area contributed by atoms with Gasteiger partial charge in [-0.2, -0.15) is 0 Å². The highest BCUT2D eigenvalue weighted by atomic mass is 128. The first-order chi connectivity index (χ1) is 12.0. The molecule has 0 aromatic heterocycles. The number of hydrogen-bond donors (Lipinski definition) is 0. The Morgan fingerprint density at radius 3 is 1.77 bits per heavy atom. The Hall–Kier alpha value is -1.16. The van der Waals surface area contributed by atoms with Crippen LogP contribution in [-0.2, 0) is 4.79 Å². The van der Waals surface area contributed by atoms with E-state index in [1.807, 2.05) is 19.9 Å². The van der Waals surface area contributed by atoms with Crippen LogP contribution in [0.1, 0.15) is 45.5 Å². The van der Waals surface area contributed by atoms with Crippen molar-refractivity contribution in [1.29, 1.82) is 0 Å². The first-order valence-corrected chi connectivity index (χ1v) is 13.8. The van der Waals surface area contributed by atoms with Crippen LogP contribution in [0, 0.1) is 0 Å². The molecule has 0 aliphatic rings. The minimum absolute atomic E-state index is 0. The highest BCUT2D eigenvalue weighted by Crippen LogP contribution is 2.19. The van der Waals surface area contributed by atoms with Gasteiger partial charge in [-0.15, -0.1) is 0 Å². The van der Waals surface area contributed by atoms with Crippen molar-refractivity contribution in [2.24, 2.45) is 0 Å². The van der Waals surface area contributed by atoms with Crippen molar-refractivity contribution in [3.63, 3.8) is 0 Å². The van der Waals surface area contributed by atoms with Crippen molar-refractivity contribution in [2.45, 2.75) is 35.1 Å². The van der Waals surface area contributed by atoms with Crippen LogP contribution in [0.25, 0.3) is 0 Å². The number of carbonyl (C=O) groups is 2. The summed E-state index contributed by atoms with van der Waals surface area (Å²) in [6.45, 7) is 7.06. The molecule has 0 spiro atoms. The molecule has 2 aromatic carbocycles. The van der Waals surface area contributed by atoms with Crippen LogP contribution in [0.2, 0.25) is 0 Å². The SMILES string of the molecule is C.CC.CC(C)=O.COc1cccc(OC(=O)c2ccccc2)c1.II. The average Bonchev–Trinajstić information content (AvgIpc) is 2.65. The largest absolute Gasteiger partial charge is 0.497 e. The molecule has 0 aliphatic heterocycles. The fraction of sp³-hybridized carbons (Fsp3) is 0.300. The van der Waals surface area contributed by atoms with Gasteiger partial charge in [-0.05, 0) is 38.1 Å². The summed E-state index contributed by atoms with van der Waals surface area (Å²) >= 11 is 4.24. The topological polar surface area (TPSA) is 52.6 Å². The Morgan fingerprint density at radius 2 is 1.31 bits per heavy atom. The molecule has 0 aliphatic carbocycles. The third-order valence-corrected chi connectivity index (χ3v) is 2.26. The van der Waals surface area contributed by atoms with Crippen LogP contribution >= 0.6 is 37.2 Å². The zero-order valence-electron chi connectivity index (χ0n) is 15.1. The van der Waals surface area contributed by atoms with Crippen molar-refractivity contribution in [3.8, 4) is 11.5 Å². The molecule has 0 unspecified atom stereocenters. The Morgan fingerprint density at radius 1 is 0.846 bits per heavy atom. The summed E-state index contributed by atoms with van der Waals surface area (Å²) in [5.74, 6) is 0.917. The summed E-state index contributed by atoms with van der Waals surface area (Å²) in [5.41, 5.74) is 0.523. The van der Waals surface area contributed by atoms with Gasteiger partial charge in [-0.1, -0.05) is 45.5 Å². The molecule has 0 atom stereocenters. The molecule has 0 heterocycles. The van der Waals surface area contributed by atoms with E-state index in [2.05, 4.69) is 37.2 Å². The number of methoxy groups -OCH3 is 1. The minimum atomic E-state index is -0.376. The first-order valence-electron chi connectivity index (χ1n) is 7.55. The molecule has 2 aromatic rings. The van der Waals surface area contributed by atoms with Crippen LogP contribution in [0.4, 0.5) is 0 Å². The summed E-state index contributed by atoms with van der Waals surface area (Å²) in [7, 11) is 1.57. The van der Waals surface area contributed by atoms with Crippen molar-refractivity contribution < 1.29 is 19.1 Å². The highest BCUT2D eigenvalue weighted by molar-refractivity contribution is 15.0. The lowest BCUT2D eigenvalue weighted by atomic mass is 10.2. The smallest absolute Gasteiger partial charge is 0.343 e. The number of Topliss-reactive ketones (excluding diaryl/α,β-unsaturated/α-hetero) is 1. The predicted octanol–water partition coefficient (Wildman–Crippen LogP) is 6.94. The summed E-state index contributed by atoms with van der Waals surface area (Å²) in [5, 5.41) is 0. The van der Waals surface area contributed by atoms with E-state index in [-0.39, 0.29) is 19.2 Å². The number of rotatable bonds is 3. The van der Waals surface area contributed by atoms with Gasteiger partial charge in [-0.3, -0.25) is 0 Å². The van der Waals surface area contributed by atoms with Gasteiger partial charge in [0.2, 0.25) is 0 Å². The van der Waals surface area contributed by atoms with Gasteiger partial charge in [0.1, 0.15) is 17.3 Å². The molecule has 0 radical (unpaired) electrons. The maximum Gasteiger partial charge on any atom is 0.343 e. The van der Waals surface area contributed by atoms with Crippen LogP contribution in [0.5, 0.6) is 11.5 Å². The van der Waals surface area contributed by atoms with Crippen molar-refractivity contribution >= 4 is 49.0 Å². The van der Waals surface area contributed by atoms with Crippen LogP contribution < -0.4 is 9.47 Å². The third-order valence-electron chi connectivity index (χ3n) is 2.26. The van der Waals surface area contributed by atoms with E-state index in [4.69, 9.17) is 9.47 Å². The summed E-state index contributed by atoms with van der Waals surface area (Å²) in [6.07, 6.45) is 0. The molecule has 4 nitrogen and oxygen atoms in total. The summed E-state index contributed by atoms with van der Waals surface area (Å²) in [6, 6.07) is 15.8.